The summed E-state index contributed by atoms with van der Waals surface area (Å²) in [4.78, 5) is 17.6. The number of aromatic amines is 1. The number of likely N-dealkylation sites (tertiary alicyclic amines) is 1. The molecule has 192 valence electrons. The maximum absolute atomic E-state index is 13.0. The van der Waals surface area contributed by atoms with Crippen molar-refractivity contribution in [1.82, 2.24) is 14.2 Å². The summed E-state index contributed by atoms with van der Waals surface area (Å²) in [5.74, 6) is -0.167. The summed E-state index contributed by atoms with van der Waals surface area (Å²) in [6.45, 7) is 2.98. The number of nitrogens with one attached hydrogen (secondary N) is 1. The average molecular weight is 511 g/mol. The molecule has 2 aliphatic rings. The number of nitrogens with zero attached hydrogens (tertiary/aromatic N) is 2. The molecule has 0 radical (unpaired) electrons. The standard InChI is InChI=1S/C27H34N4O4S/c28-27(33)24-17-21(19-4-2-1-3-5-19)16-23-25(18-29-26(23)24)20-6-12-31(13-7-20)36(34,35)15-14-30-10-8-22(32)9-11-30/h1-5,16-18,20,22,29,32H,6-15H2,(H2,28,33). The number of aliphatic hydroxyl groups is 1. The van der Waals surface area contributed by atoms with Crippen LogP contribution in [0.2, 0.25) is 0 Å². The van der Waals surface area contributed by atoms with E-state index in [1.54, 1.807) is 4.31 Å². The molecule has 4 N–H and O–H groups in total. The number of rotatable bonds is 7. The molecular formula is C27H34N4O4S. The zero-order chi connectivity index (χ0) is 25.3. The molecule has 0 unspecified atom stereocenters. The second kappa shape index (κ2) is 10.3. The number of aromatic nitrogens is 1. The van der Waals surface area contributed by atoms with Crippen LogP contribution in [0.15, 0.2) is 48.7 Å². The van der Waals surface area contributed by atoms with Gasteiger partial charge in [-0.15, -0.1) is 0 Å². The Hall–Kier alpha value is -2.72. The molecule has 36 heavy (non-hydrogen) atoms. The van der Waals surface area contributed by atoms with E-state index in [1.165, 1.54) is 0 Å². The summed E-state index contributed by atoms with van der Waals surface area (Å²) in [5.41, 5.74) is 9.97. The molecule has 0 bridgehead atoms. The van der Waals surface area contributed by atoms with Gasteiger partial charge in [0.1, 0.15) is 0 Å². The molecule has 0 spiro atoms. The average Bonchev–Trinajstić information content (AvgIpc) is 3.32. The van der Waals surface area contributed by atoms with E-state index in [0.29, 0.717) is 38.0 Å². The number of H-pyrrole nitrogens is 1. The lowest BCUT2D eigenvalue weighted by Crippen LogP contribution is -2.43. The van der Waals surface area contributed by atoms with E-state index in [4.69, 9.17) is 5.73 Å². The second-order valence-corrected chi connectivity index (χ2v) is 12.1. The van der Waals surface area contributed by atoms with Gasteiger partial charge in [0.15, 0.2) is 0 Å². The van der Waals surface area contributed by atoms with Crippen LogP contribution >= 0.6 is 0 Å². The van der Waals surface area contributed by atoms with Crippen LogP contribution in [0, 0.1) is 0 Å². The quantitative estimate of drug-likeness (QED) is 0.452. The number of aliphatic hydroxyl groups excluding tert-OH is 1. The molecule has 0 aliphatic carbocycles. The van der Waals surface area contributed by atoms with E-state index in [-0.39, 0.29) is 17.8 Å². The first-order valence-corrected chi connectivity index (χ1v) is 14.3. The molecule has 2 fully saturated rings. The van der Waals surface area contributed by atoms with Crippen LogP contribution in [0.5, 0.6) is 0 Å². The summed E-state index contributed by atoms with van der Waals surface area (Å²) in [6, 6.07) is 13.8. The zero-order valence-corrected chi connectivity index (χ0v) is 21.2. The van der Waals surface area contributed by atoms with Crippen molar-refractivity contribution in [2.45, 2.75) is 37.7 Å². The van der Waals surface area contributed by atoms with Crippen molar-refractivity contribution < 1.29 is 18.3 Å². The van der Waals surface area contributed by atoms with Gasteiger partial charge in [-0.05, 0) is 60.4 Å². The lowest BCUT2D eigenvalue weighted by Gasteiger charge is -2.33. The Bertz CT molecular complexity index is 1320. The minimum Gasteiger partial charge on any atom is -0.393 e. The van der Waals surface area contributed by atoms with Gasteiger partial charge in [-0.3, -0.25) is 4.79 Å². The molecule has 8 nitrogen and oxygen atoms in total. The highest BCUT2D eigenvalue weighted by Crippen LogP contribution is 2.37. The lowest BCUT2D eigenvalue weighted by atomic mass is 9.88. The van der Waals surface area contributed by atoms with Gasteiger partial charge < -0.3 is 20.7 Å². The van der Waals surface area contributed by atoms with Crippen molar-refractivity contribution in [1.29, 1.82) is 0 Å². The van der Waals surface area contributed by atoms with Crippen LogP contribution in [0.25, 0.3) is 22.0 Å². The van der Waals surface area contributed by atoms with Crippen LogP contribution in [0.1, 0.15) is 47.5 Å². The number of primary amides is 1. The third-order valence-corrected chi connectivity index (χ3v) is 9.55. The maximum atomic E-state index is 13.0. The Morgan fingerprint density at radius 2 is 1.69 bits per heavy atom. The molecule has 2 aliphatic heterocycles. The normalized spacial score (nSPS) is 19.1. The lowest BCUT2D eigenvalue weighted by molar-refractivity contribution is 0.0854. The first kappa shape index (κ1) is 25.0. The van der Waals surface area contributed by atoms with Gasteiger partial charge >= 0.3 is 0 Å². The topological polar surface area (TPSA) is 120 Å². The van der Waals surface area contributed by atoms with E-state index >= 15 is 0 Å². The van der Waals surface area contributed by atoms with Crippen molar-refractivity contribution in [3.63, 3.8) is 0 Å². The molecular weight excluding hydrogens is 476 g/mol. The summed E-state index contributed by atoms with van der Waals surface area (Å²) < 4.78 is 27.6. The summed E-state index contributed by atoms with van der Waals surface area (Å²) in [6.07, 6.45) is 4.56. The molecule has 5 rings (SSSR count). The minimum absolute atomic E-state index is 0.114. The molecule has 0 atom stereocenters. The number of benzene rings is 2. The highest BCUT2D eigenvalue weighted by atomic mass is 32.2. The molecule has 2 aromatic carbocycles. The number of amides is 1. The fraction of sp³-hybridized carbons (Fsp3) is 0.444. The highest BCUT2D eigenvalue weighted by Gasteiger charge is 2.31. The van der Waals surface area contributed by atoms with Crippen molar-refractivity contribution >= 4 is 26.8 Å². The van der Waals surface area contributed by atoms with Crippen LogP contribution in [-0.4, -0.2) is 78.2 Å². The molecule has 1 amide bonds. The number of nitrogens with two attached hydrogens (primary N) is 1. The third kappa shape index (κ3) is 5.20. The molecule has 3 aromatic rings. The van der Waals surface area contributed by atoms with E-state index in [2.05, 4.69) is 16.0 Å². The highest BCUT2D eigenvalue weighted by molar-refractivity contribution is 7.89. The predicted molar refractivity (Wildman–Crippen MR) is 141 cm³/mol. The number of carbonyl (C=O) groups is 1. The monoisotopic (exact) mass is 510 g/mol. The van der Waals surface area contributed by atoms with Crippen LogP contribution < -0.4 is 5.73 Å². The first-order chi connectivity index (χ1) is 17.3. The molecule has 0 saturated carbocycles. The fourth-order valence-corrected chi connectivity index (χ4v) is 7.06. The maximum Gasteiger partial charge on any atom is 0.250 e. The van der Waals surface area contributed by atoms with Crippen molar-refractivity contribution in [2.75, 3.05) is 38.5 Å². The van der Waals surface area contributed by atoms with Crippen LogP contribution in [0.3, 0.4) is 0 Å². The SMILES string of the molecule is NC(=O)c1cc(-c2ccccc2)cc2c(C3CCN(S(=O)(=O)CCN4CCC(O)CC4)CC3)c[nH]c12. The van der Waals surface area contributed by atoms with Crippen molar-refractivity contribution in [2.24, 2.45) is 5.73 Å². The van der Waals surface area contributed by atoms with Crippen LogP contribution in [-0.2, 0) is 10.0 Å². The summed E-state index contributed by atoms with van der Waals surface area (Å²) in [7, 11) is -3.33. The van der Waals surface area contributed by atoms with Gasteiger partial charge in [0, 0.05) is 44.3 Å². The van der Waals surface area contributed by atoms with E-state index in [1.807, 2.05) is 42.6 Å². The molecule has 2 saturated heterocycles. The van der Waals surface area contributed by atoms with E-state index in [9.17, 15) is 18.3 Å². The van der Waals surface area contributed by atoms with Gasteiger partial charge in [-0.25, -0.2) is 12.7 Å². The predicted octanol–water partition coefficient (Wildman–Crippen LogP) is 2.90. The van der Waals surface area contributed by atoms with Gasteiger partial charge in [-0.2, -0.15) is 0 Å². The Kier molecular flexibility index (Phi) is 7.16. The minimum atomic E-state index is -3.33. The van der Waals surface area contributed by atoms with Crippen molar-refractivity contribution in [3.8, 4) is 11.1 Å². The smallest absolute Gasteiger partial charge is 0.250 e. The second-order valence-electron chi connectivity index (χ2n) is 9.98. The number of piperidine rings is 2. The Morgan fingerprint density at radius 3 is 2.36 bits per heavy atom. The zero-order valence-electron chi connectivity index (χ0n) is 20.4. The Balaban J connectivity index is 1.31. The fourth-order valence-electron chi connectivity index (χ4n) is 5.54. The van der Waals surface area contributed by atoms with Gasteiger partial charge in [0.05, 0.1) is 22.9 Å². The Labute approximate surface area is 212 Å². The number of hydrogen-bond donors (Lipinski definition) is 3. The number of fused-ring (bicyclic) bond motifs is 1. The third-order valence-electron chi connectivity index (χ3n) is 7.70. The Morgan fingerprint density at radius 1 is 1.00 bits per heavy atom. The van der Waals surface area contributed by atoms with Crippen LogP contribution in [0.4, 0.5) is 0 Å². The van der Waals surface area contributed by atoms with Crippen molar-refractivity contribution in [3.05, 3.63) is 59.8 Å². The van der Waals surface area contributed by atoms with Gasteiger partial charge in [-0.1, -0.05) is 30.3 Å². The number of sulfonamides is 1. The summed E-state index contributed by atoms with van der Waals surface area (Å²) >= 11 is 0. The largest absolute Gasteiger partial charge is 0.393 e. The van der Waals surface area contributed by atoms with Gasteiger partial charge in [0.2, 0.25) is 10.0 Å². The molecule has 1 aromatic heterocycles. The van der Waals surface area contributed by atoms with Gasteiger partial charge in [0.25, 0.3) is 5.91 Å². The summed E-state index contributed by atoms with van der Waals surface area (Å²) in [5, 5.41) is 10.6. The first-order valence-electron chi connectivity index (χ1n) is 12.7. The number of carbonyl (C=O) groups excluding carboxylic acids is 1. The molecule has 9 heteroatoms. The molecule has 3 heterocycles. The van der Waals surface area contributed by atoms with E-state index < -0.39 is 15.9 Å². The van der Waals surface area contributed by atoms with E-state index in [0.717, 1.165) is 53.5 Å². The number of hydrogen-bond acceptors (Lipinski definition) is 5.